The standard InChI is InChI=1S/C19H24N4S/c1-3-15-7-11-23(18(15)6-8-21-2)13-17-12-16(14-24-17)19(20)22-9-4-5-10-22/h3,6-8,11-12,14,20H,4-5,9-10,13H2,1-2H3/b15-3-,18-6+,20-19?,21-8?. The number of aliphatic imine (C=N–C) groups is 1. The van der Waals surface area contributed by atoms with Gasteiger partial charge < -0.3 is 9.47 Å². The molecule has 0 radical (unpaired) electrons. The largest absolute Gasteiger partial charge is 0.357 e. The van der Waals surface area contributed by atoms with Crippen molar-refractivity contribution in [1.29, 1.82) is 5.41 Å². The molecule has 3 rings (SSSR count). The fourth-order valence-corrected chi connectivity index (χ4v) is 3.97. The molecule has 0 aliphatic carbocycles. The van der Waals surface area contributed by atoms with E-state index < -0.39 is 0 Å². The molecular weight excluding hydrogens is 316 g/mol. The van der Waals surface area contributed by atoms with E-state index in [4.69, 9.17) is 5.41 Å². The van der Waals surface area contributed by atoms with Crippen LogP contribution in [0.15, 0.2) is 28.7 Å². The van der Waals surface area contributed by atoms with Crippen molar-refractivity contribution < 1.29 is 0 Å². The zero-order valence-electron chi connectivity index (χ0n) is 14.3. The normalized spacial score (nSPS) is 16.7. The fourth-order valence-electron chi connectivity index (χ4n) is 3.10. The summed E-state index contributed by atoms with van der Waals surface area (Å²) in [6.45, 7) is 4.93. The molecule has 0 saturated carbocycles. The minimum Gasteiger partial charge on any atom is -0.357 e. The second-order valence-electron chi connectivity index (χ2n) is 5.99. The molecule has 3 heterocycles. The molecule has 0 spiro atoms. The molecule has 1 aliphatic rings. The van der Waals surface area contributed by atoms with Crippen molar-refractivity contribution in [1.82, 2.24) is 9.47 Å². The Balaban J connectivity index is 1.83. The predicted octanol–water partition coefficient (Wildman–Crippen LogP) is 2.30. The Labute approximate surface area is 147 Å². The van der Waals surface area contributed by atoms with E-state index in [-0.39, 0.29) is 0 Å². The van der Waals surface area contributed by atoms with Gasteiger partial charge >= 0.3 is 0 Å². The summed E-state index contributed by atoms with van der Waals surface area (Å²) in [6.07, 6.45) is 10.5. The van der Waals surface area contributed by atoms with Crippen LogP contribution in [0.4, 0.5) is 0 Å². The molecule has 2 aromatic rings. The first kappa shape index (κ1) is 16.7. The molecule has 5 heteroatoms. The number of nitrogens with zero attached hydrogens (tertiary/aromatic N) is 3. The predicted molar refractivity (Wildman–Crippen MR) is 104 cm³/mol. The minimum absolute atomic E-state index is 0.676. The Morgan fingerprint density at radius 1 is 1.38 bits per heavy atom. The summed E-state index contributed by atoms with van der Waals surface area (Å²) in [5, 5.41) is 12.9. The van der Waals surface area contributed by atoms with Gasteiger partial charge in [0.05, 0.1) is 6.54 Å². The van der Waals surface area contributed by atoms with Gasteiger partial charge in [-0.1, -0.05) is 6.08 Å². The summed E-state index contributed by atoms with van der Waals surface area (Å²) < 4.78 is 2.24. The van der Waals surface area contributed by atoms with Gasteiger partial charge in [0.1, 0.15) is 5.84 Å². The summed E-state index contributed by atoms with van der Waals surface area (Å²) in [5.41, 5.74) is 1.05. The van der Waals surface area contributed by atoms with Crippen LogP contribution in [0.3, 0.4) is 0 Å². The first-order valence-electron chi connectivity index (χ1n) is 8.38. The average molecular weight is 340 g/mol. The molecule has 0 bridgehead atoms. The third-order valence-corrected chi connectivity index (χ3v) is 5.33. The van der Waals surface area contributed by atoms with Gasteiger partial charge in [-0.05, 0) is 43.2 Å². The van der Waals surface area contributed by atoms with Crippen molar-refractivity contribution in [3.63, 3.8) is 0 Å². The van der Waals surface area contributed by atoms with Gasteiger partial charge in [-0.2, -0.15) is 0 Å². The first-order chi connectivity index (χ1) is 11.7. The number of thiophene rings is 1. The van der Waals surface area contributed by atoms with Gasteiger partial charge in [0, 0.05) is 53.7 Å². The van der Waals surface area contributed by atoms with Crippen LogP contribution in [0.25, 0.3) is 12.2 Å². The van der Waals surface area contributed by atoms with Gasteiger partial charge in [-0.25, -0.2) is 0 Å². The van der Waals surface area contributed by atoms with Crippen LogP contribution >= 0.6 is 11.3 Å². The number of nitrogens with one attached hydrogen (secondary N) is 1. The van der Waals surface area contributed by atoms with E-state index in [1.807, 2.05) is 6.21 Å². The summed E-state index contributed by atoms with van der Waals surface area (Å²) in [5.74, 6) is 0.676. The van der Waals surface area contributed by atoms with Crippen LogP contribution in [0.1, 0.15) is 30.2 Å². The smallest absolute Gasteiger partial charge is 0.128 e. The molecule has 1 N–H and O–H groups in total. The Kier molecular flexibility index (Phi) is 5.30. The Hall–Kier alpha value is -2.14. The number of rotatable bonds is 4. The summed E-state index contributed by atoms with van der Waals surface area (Å²) in [4.78, 5) is 7.52. The number of hydrogen-bond donors (Lipinski definition) is 1. The lowest BCUT2D eigenvalue weighted by atomic mass is 10.2. The maximum Gasteiger partial charge on any atom is 0.128 e. The van der Waals surface area contributed by atoms with Crippen LogP contribution in [0.2, 0.25) is 0 Å². The molecule has 1 aliphatic heterocycles. The van der Waals surface area contributed by atoms with Crippen molar-refractivity contribution in [2.45, 2.75) is 26.3 Å². The lowest BCUT2D eigenvalue weighted by Gasteiger charge is -2.17. The van der Waals surface area contributed by atoms with E-state index in [0.717, 1.165) is 25.2 Å². The lowest BCUT2D eigenvalue weighted by Crippen LogP contribution is -2.29. The van der Waals surface area contributed by atoms with Crippen LogP contribution in [-0.4, -0.2) is 41.7 Å². The molecule has 0 unspecified atom stereocenters. The molecule has 1 fully saturated rings. The number of likely N-dealkylation sites (tertiary alicyclic amines) is 1. The highest BCUT2D eigenvalue weighted by molar-refractivity contribution is 7.10. The van der Waals surface area contributed by atoms with Gasteiger partial charge in [-0.3, -0.25) is 10.4 Å². The van der Waals surface area contributed by atoms with Crippen LogP contribution in [0.5, 0.6) is 0 Å². The molecule has 24 heavy (non-hydrogen) atoms. The number of hydrogen-bond acceptors (Lipinski definition) is 3. The second kappa shape index (κ2) is 7.62. The second-order valence-corrected chi connectivity index (χ2v) is 6.99. The van der Waals surface area contributed by atoms with E-state index >= 15 is 0 Å². The Bertz CT molecular complexity index is 850. The number of aromatic nitrogens is 1. The van der Waals surface area contributed by atoms with E-state index in [1.54, 1.807) is 18.4 Å². The first-order valence-corrected chi connectivity index (χ1v) is 9.26. The van der Waals surface area contributed by atoms with E-state index in [9.17, 15) is 0 Å². The van der Waals surface area contributed by atoms with E-state index in [2.05, 4.69) is 57.2 Å². The highest BCUT2D eigenvalue weighted by Gasteiger charge is 2.17. The van der Waals surface area contributed by atoms with Gasteiger partial charge in [-0.15, -0.1) is 11.3 Å². The third-order valence-electron chi connectivity index (χ3n) is 4.41. The highest BCUT2D eigenvalue weighted by atomic mass is 32.1. The van der Waals surface area contributed by atoms with Gasteiger partial charge in [0.2, 0.25) is 0 Å². The van der Waals surface area contributed by atoms with Crippen molar-refractivity contribution in [2.75, 3.05) is 20.1 Å². The average Bonchev–Trinajstić information content (AvgIpc) is 3.34. The van der Waals surface area contributed by atoms with Gasteiger partial charge in [0.15, 0.2) is 0 Å². The monoisotopic (exact) mass is 340 g/mol. The quantitative estimate of drug-likeness (QED) is 0.674. The molecule has 0 aromatic carbocycles. The lowest BCUT2D eigenvalue weighted by molar-refractivity contribution is 0.517. The van der Waals surface area contributed by atoms with E-state index in [0.29, 0.717) is 5.84 Å². The van der Waals surface area contributed by atoms with Crippen LogP contribution in [0, 0.1) is 5.41 Å². The van der Waals surface area contributed by atoms with Crippen molar-refractivity contribution in [2.24, 2.45) is 4.99 Å². The summed E-state index contributed by atoms with van der Waals surface area (Å²) >= 11 is 1.73. The van der Waals surface area contributed by atoms with Crippen LogP contribution < -0.4 is 10.6 Å². The Morgan fingerprint density at radius 3 is 2.88 bits per heavy atom. The summed E-state index contributed by atoms with van der Waals surface area (Å²) in [7, 11) is 1.79. The maximum absolute atomic E-state index is 8.38. The minimum atomic E-state index is 0.676. The topological polar surface area (TPSA) is 44.4 Å². The molecule has 0 atom stereocenters. The number of amidine groups is 1. The van der Waals surface area contributed by atoms with Gasteiger partial charge in [0.25, 0.3) is 0 Å². The molecule has 2 aromatic heterocycles. The third kappa shape index (κ3) is 3.51. The maximum atomic E-state index is 8.38. The van der Waals surface area contributed by atoms with E-state index in [1.165, 1.54) is 28.3 Å². The zero-order chi connectivity index (χ0) is 16.9. The molecule has 1 saturated heterocycles. The van der Waals surface area contributed by atoms with Crippen LogP contribution in [-0.2, 0) is 6.54 Å². The summed E-state index contributed by atoms with van der Waals surface area (Å²) in [6, 6.07) is 4.30. The molecule has 4 nitrogen and oxygen atoms in total. The zero-order valence-corrected chi connectivity index (χ0v) is 15.1. The fraction of sp³-hybridized carbons (Fsp3) is 0.368. The van der Waals surface area contributed by atoms with Crippen molar-refractivity contribution in [3.05, 3.63) is 44.7 Å². The van der Waals surface area contributed by atoms with Crippen molar-refractivity contribution >= 4 is 35.5 Å². The van der Waals surface area contributed by atoms with Crippen molar-refractivity contribution in [3.8, 4) is 0 Å². The SMILES string of the molecule is C/C=c1/ccn(Cc2cc(C(=N)N3CCCC3)cs2)/c1=C/C=NC. The molecule has 0 amide bonds. The Morgan fingerprint density at radius 2 is 2.17 bits per heavy atom. The molecular formula is C19H24N4S. The molecule has 126 valence electrons. The highest BCUT2D eigenvalue weighted by Crippen LogP contribution is 2.19.